The van der Waals surface area contributed by atoms with Crippen molar-refractivity contribution in [3.05, 3.63) is 35.2 Å². The molecule has 0 aliphatic carbocycles. The second kappa shape index (κ2) is 5.78. The van der Waals surface area contributed by atoms with Crippen LogP contribution in [-0.4, -0.2) is 24.9 Å². The fraction of sp³-hybridized carbons (Fsp3) is 0.286. The molecule has 1 aromatic heterocycles. The largest absolute Gasteiger partial charge is 0.351 e. The predicted octanol–water partition coefficient (Wildman–Crippen LogP) is 3.47. The highest BCUT2D eigenvalue weighted by atomic mass is 32.1. The van der Waals surface area contributed by atoms with E-state index in [4.69, 9.17) is 0 Å². The molecule has 0 N–H and O–H groups in total. The van der Waals surface area contributed by atoms with Crippen LogP contribution in [0.15, 0.2) is 30.3 Å². The zero-order chi connectivity index (χ0) is 13.0. The van der Waals surface area contributed by atoms with Gasteiger partial charge in [0.2, 0.25) is 0 Å². The van der Waals surface area contributed by atoms with E-state index < -0.39 is 0 Å². The Morgan fingerprint density at radius 3 is 2.67 bits per heavy atom. The number of carbonyl (C=O) groups excluding carboxylic acids is 1. The minimum Gasteiger partial charge on any atom is -0.351 e. The lowest BCUT2D eigenvalue weighted by molar-refractivity contribution is 0.112. The van der Waals surface area contributed by atoms with Crippen LogP contribution in [0, 0.1) is 0 Å². The maximum Gasteiger partial charge on any atom is 0.186 e. The van der Waals surface area contributed by atoms with Crippen molar-refractivity contribution < 1.29 is 4.79 Å². The van der Waals surface area contributed by atoms with Gasteiger partial charge in [0.05, 0.1) is 10.6 Å². The van der Waals surface area contributed by atoms with Gasteiger partial charge in [-0.1, -0.05) is 48.6 Å². The Kier molecular flexibility index (Phi) is 4.10. The van der Waals surface area contributed by atoms with Gasteiger partial charge in [0.1, 0.15) is 0 Å². The van der Waals surface area contributed by atoms with Gasteiger partial charge < -0.3 is 4.90 Å². The summed E-state index contributed by atoms with van der Waals surface area (Å²) in [4.78, 5) is 18.5. The Bertz CT molecular complexity index is 522. The first-order chi connectivity index (χ1) is 8.76. The molecule has 0 bridgehead atoms. The molecule has 0 spiro atoms. The summed E-state index contributed by atoms with van der Waals surface area (Å²) < 4.78 is 0. The van der Waals surface area contributed by atoms with Crippen molar-refractivity contribution in [2.45, 2.75) is 13.3 Å². The molecule has 0 saturated heterocycles. The van der Waals surface area contributed by atoms with Crippen LogP contribution in [0.4, 0.5) is 5.13 Å². The van der Waals surface area contributed by atoms with Crippen LogP contribution in [-0.2, 0) is 0 Å². The lowest BCUT2D eigenvalue weighted by atomic mass is 10.1. The number of aldehydes is 1. The number of hydrogen-bond acceptors (Lipinski definition) is 4. The van der Waals surface area contributed by atoms with Gasteiger partial charge in [-0.25, -0.2) is 4.98 Å². The maximum absolute atomic E-state index is 11.1. The second-order valence-electron chi connectivity index (χ2n) is 4.11. The summed E-state index contributed by atoms with van der Waals surface area (Å²) in [5, 5.41) is 0.901. The molecule has 2 rings (SSSR count). The van der Waals surface area contributed by atoms with Crippen molar-refractivity contribution in [2.24, 2.45) is 0 Å². The molecule has 0 aliphatic heterocycles. The van der Waals surface area contributed by atoms with E-state index in [9.17, 15) is 4.79 Å². The summed E-state index contributed by atoms with van der Waals surface area (Å²) >= 11 is 1.45. The molecule has 0 atom stereocenters. The van der Waals surface area contributed by atoms with Crippen molar-refractivity contribution in [3.8, 4) is 11.3 Å². The average Bonchev–Trinajstić information content (AvgIpc) is 2.84. The summed E-state index contributed by atoms with van der Waals surface area (Å²) in [6.45, 7) is 3.07. The second-order valence-corrected chi connectivity index (χ2v) is 5.12. The number of benzene rings is 1. The SMILES string of the molecule is CCCN(C)c1nc(-c2ccccc2)c(C=O)s1. The van der Waals surface area contributed by atoms with Gasteiger partial charge in [-0.2, -0.15) is 0 Å². The molecule has 1 aromatic carbocycles. The zero-order valence-corrected chi connectivity index (χ0v) is 11.4. The molecular formula is C14H16N2OS. The highest BCUT2D eigenvalue weighted by molar-refractivity contribution is 7.17. The van der Waals surface area contributed by atoms with Gasteiger partial charge in [-0.3, -0.25) is 4.79 Å². The average molecular weight is 260 g/mol. The van der Waals surface area contributed by atoms with Crippen LogP contribution in [0.2, 0.25) is 0 Å². The third kappa shape index (κ3) is 2.59. The third-order valence-corrected chi connectivity index (χ3v) is 3.78. The van der Waals surface area contributed by atoms with E-state index >= 15 is 0 Å². The lowest BCUT2D eigenvalue weighted by Crippen LogP contribution is -2.17. The molecule has 18 heavy (non-hydrogen) atoms. The number of nitrogens with zero attached hydrogens (tertiary/aromatic N) is 2. The summed E-state index contributed by atoms with van der Waals surface area (Å²) in [7, 11) is 2.01. The van der Waals surface area contributed by atoms with Gasteiger partial charge in [0.25, 0.3) is 0 Å². The fourth-order valence-corrected chi connectivity index (χ4v) is 2.69. The van der Waals surface area contributed by atoms with Crippen molar-refractivity contribution in [1.29, 1.82) is 0 Å². The minimum atomic E-state index is 0.694. The smallest absolute Gasteiger partial charge is 0.186 e. The van der Waals surface area contributed by atoms with Crippen LogP contribution in [0.25, 0.3) is 11.3 Å². The van der Waals surface area contributed by atoms with E-state index in [-0.39, 0.29) is 0 Å². The first-order valence-corrected chi connectivity index (χ1v) is 6.80. The summed E-state index contributed by atoms with van der Waals surface area (Å²) in [6, 6.07) is 9.83. The Morgan fingerprint density at radius 1 is 1.33 bits per heavy atom. The van der Waals surface area contributed by atoms with E-state index in [2.05, 4.69) is 16.8 Å². The highest BCUT2D eigenvalue weighted by Crippen LogP contribution is 2.31. The predicted molar refractivity (Wildman–Crippen MR) is 76.5 cm³/mol. The molecule has 1 heterocycles. The molecule has 94 valence electrons. The van der Waals surface area contributed by atoms with Crippen molar-refractivity contribution in [1.82, 2.24) is 4.98 Å². The molecule has 0 amide bonds. The molecule has 0 fully saturated rings. The molecule has 2 aromatic rings. The lowest BCUT2D eigenvalue weighted by Gasteiger charge is -2.13. The standard InChI is InChI=1S/C14H16N2OS/c1-3-9-16(2)14-15-13(12(10-17)18-14)11-7-5-4-6-8-11/h4-8,10H,3,9H2,1-2H3. The molecule has 0 unspecified atom stereocenters. The molecular weight excluding hydrogens is 244 g/mol. The number of thiazole rings is 1. The van der Waals surface area contributed by atoms with E-state index in [1.54, 1.807) is 0 Å². The van der Waals surface area contributed by atoms with Gasteiger partial charge in [-0.15, -0.1) is 0 Å². The molecule has 4 heteroatoms. The van der Waals surface area contributed by atoms with E-state index in [1.165, 1.54) is 11.3 Å². The Labute approximate surface area is 111 Å². The summed E-state index contributed by atoms with van der Waals surface area (Å²) in [5.41, 5.74) is 1.78. The summed E-state index contributed by atoms with van der Waals surface area (Å²) in [5.74, 6) is 0. The monoisotopic (exact) mass is 260 g/mol. The van der Waals surface area contributed by atoms with Crippen LogP contribution >= 0.6 is 11.3 Å². The first kappa shape index (κ1) is 12.8. The number of rotatable bonds is 5. The van der Waals surface area contributed by atoms with Gasteiger partial charge in [0, 0.05) is 19.2 Å². The summed E-state index contributed by atoms with van der Waals surface area (Å²) in [6.07, 6.45) is 1.95. The molecule has 0 saturated carbocycles. The van der Waals surface area contributed by atoms with Gasteiger partial charge in [0.15, 0.2) is 11.4 Å². The number of carbonyl (C=O) groups is 1. The quantitative estimate of drug-likeness (QED) is 0.772. The fourth-order valence-electron chi connectivity index (χ4n) is 1.80. The number of aromatic nitrogens is 1. The normalized spacial score (nSPS) is 10.3. The minimum absolute atomic E-state index is 0.694. The van der Waals surface area contributed by atoms with Crippen LogP contribution in [0.3, 0.4) is 0 Å². The van der Waals surface area contributed by atoms with Crippen molar-refractivity contribution >= 4 is 22.8 Å². The van der Waals surface area contributed by atoms with E-state index in [0.717, 1.165) is 35.6 Å². The van der Waals surface area contributed by atoms with Gasteiger partial charge in [-0.05, 0) is 6.42 Å². The highest BCUT2D eigenvalue weighted by Gasteiger charge is 2.14. The molecule has 3 nitrogen and oxygen atoms in total. The van der Waals surface area contributed by atoms with E-state index in [0.29, 0.717) is 4.88 Å². The first-order valence-electron chi connectivity index (χ1n) is 5.98. The van der Waals surface area contributed by atoms with Crippen LogP contribution in [0.1, 0.15) is 23.0 Å². The zero-order valence-electron chi connectivity index (χ0n) is 10.6. The maximum atomic E-state index is 11.1. The van der Waals surface area contributed by atoms with Crippen molar-refractivity contribution in [2.75, 3.05) is 18.5 Å². The molecule has 0 radical (unpaired) electrons. The van der Waals surface area contributed by atoms with Gasteiger partial charge >= 0.3 is 0 Å². The third-order valence-electron chi connectivity index (χ3n) is 2.68. The van der Waals surface area contributed by atoms with Crippen LogP contribution in [0.5, 0.6) is 0 Å². The van der Waals surface area contributed by atoms with Crippen molar-refractivity contribution in [3.63, 3.8) is 0 Å². The Hall–Kier alpha value is -1.68. The number of anilines is 1. The molecule has 0 aliphatic rings. The number of hydrogen-bond donors (Lipinski definition) is 0. The Balaban J connectivity index is 2.39. The van der Waals surface area contributed by atoms with E-state index in [1.807, 2.05) is 37.4 Å². The topological polar surface area (TPSA) is 33.2 Å². The Morgan fingerprint density at radius 2 is 2.06 bits per heavy atom. The van der Waals surface area contributed by atoms with Crippen LogP contribution < -0.4 is 4.90 Å².